The fraction of sp³-hybridized carbons (Fsp3) is 0.733. The second kappa shape index (κ2) is 8.87. The van der Waals surface area contributed by atoms with Crippen LogP contribution in [0.3, 0.4) is 0 Å². The highest BCUT2D eigenvalue weighted by Gasteiger charge is 2.25. The monoisotopic (exact) mass is 242 g/mol. The van der Waals surface area contributed by atoms with Crippen LogP contribution in [-0.2, 0) is 0 Å². The van der Waals surface area contributed by atoms with Crippen molar-refractivity contribution in [3.8, 4) is 0 Å². The number of allylic oxidation sites excluding steroid dienone is 2. The van der Waals surface area contributed by atoms with Gasteiger partial charge in [-0.15, -0.1) is 24.8 Å². The maximum Gasteiger partial charge on any atom is 0.0657 e. The van der Waals surface area contributed by atoms with Gasteiger partial charge in [0.1, 0.15) is 0 Å². The Kier molecular flexibility index (Phi) is 8.74. The minimum Gasteiger partial charge on any atom is -0.114 e. The van der Waals surface area contributed by atoms with E-state index < -0.39 is 0 Å². The molecule has 0 aromatic heterocycles. The molecule has 1 heteroatoms. The topological polar surface area (TPSA) is 0 Å². The third kappa shape index (κ3) is 6.37. The van der Waals surface area contributed by atoms with Gasteiger partial charge in [-0.3, -0.25) is 0 Å². The predicted molar refractivity (Wildman–Crippen MR) is 76.1 cm³/mol. The van der Waals surface area contributed by atoms with Crippen LogP contribution in [0.2, 0.25) is 0 Å². The van der Waals surface area contributed by atoms with Crippen molar-refractivity contribution in [3.05, 3.63) is 25.3 Å². The standard InChI is InChI=1S/C15H27Cl/c1-5-8-9-10-11-12-13-14(6-2)15(4,16)7-3/h6-7,14H,2-3,5,8-13H2,1,4H3. The van der Waals surface area contributed by atoms with E-state index in [-0.39, 0.29) is 4.87 Å². The van der Waals surface area contributed by atoms with Crippen LogP contribution >= 0.6 is 11.6 Å². The first kappa shape index (κ1) is 15.8. The molecule has 0 saturated heterocycles. The summed E-state index contributed by atoms with van der Waals surface area (Å²) in [7, 11) is 0. The van der Waals surface area contributed by atoms with Gasteiger partial charge in [0.05, 0.1) is 4.87 Å². The van der Waals surface area contributed by atoms with Crippen LogP contribution in [0.1, 0.15) is 58.8 Å². The fourth-order valence-electron chi connectivity index (χ4n) is 1.93. The van der Waals surface area contributed by atoms with E-state index in [2.05, 4.69) is 20.1 Å². The van der Waals surface area contributed by atoms with Crippen molar-refractivity contribution < 1.29 is 0 Å². The number of hydrogen-bond acceptors (Lipinski definition) is 0. The average molecular weight is 243 g/mol. The molecule has 0 aliphatic heterocycles. The smallest absolute Gasteiger partial charge is 0.0657 e. The van der Waals surface area contributed by atoms with E-state index >= 15 is 0 Å². The third-order valence-corrected chi connectivity index (χ3v) is 3.71. The van der Waals surface area contributed by atoms with Crippen molar-refractivity contribution >= 4 is 11.6 Å². The first-order valence-electron chi connectivity index (χ1n) is 6.53. The van der Waals surface area contributed by atoms with E-state index in [1.165, 1.54) is 38.5 Å². The fourth-order valence-corrected chi connectivity index (χ4v) is 2.12. The summed E-state index contributed by atoms with van der Waals surface area (Å²) in [5.41, 5.74) is 0. The first-order chi connectivity index (χ1) is 7.58. The van der Waals surface area contributed by atoms with Gasteiger partial charge in [-0.05, 0) is 19.3 Å². The Morgan fingerprint density at radius 2 is 1.69 bits per heavy atom. The van der Waals surface area contributed by atoms with Crippen molar-refractivity contribution in [2.24, 2.45) is 5.92 Å². The molecule has 0 aliphatic carbocycles. The van der Waals surface area contributed by atoms with Crippen LogP contribution in [0.5, 0.6) is 0 Å². The molecule has 0 aromatic rings. The highest BCUT2D eigenvalue weighted by atomic mass is 35.5. The van der Waals surface area contributed by atoms with E-state index in [1.807, 2.05) is 19.1 Å². The summed E-state index contributed by atoms with van der Waals surface area (Å²) in [6, 6.07) is 0. The van der Waals surface area contributed by atoms with Crippen LogP contribution in [0, 0.1) is 5.92 Å². The molecule has 0 aliphatic rings. The summed E-state index contributed by atoms with van der Waals surface area (Å²) in [5.74, 6) is 0.345. The Bertz CT molecular complexity index is 194. The Labute approximate surface area is 107 Å². The molecule has 0 heterocycles. The van der Waals surface area contributed by atoms with Crippen LogP contribution < -0.4 is 0 Å². The molecule has 0 rings (SSSR count). The third-order valence-electron chi connectivity index (χ3n) is 3.28. The van der Waals surface area contributed by atoms with Gasteiger partial charge in [-0.2, -0.15) is 0 Å². The molecule has 94 valence electrons. The summed E-state index contributed by atoms with van der Waals surface area (Å²) < 4.78 is 0. The normalized spacial score (nSPS) is 16.4. The number of rotatable bonds is 10. The largest absolute Gasteiger partial charge is 0.114 e. The molecule has 0 nitrogen and oxygen atoms in total. The molecule has 0 N–H and O–H groups in total. The van der Waals surface area contributed by atoms with E-state index in [1.54, 1.807) is 0 Å². The molecule has 0 radical (unpaired) electrons. The van der Waals surface area contributed by atoms with Gasteiger partial charge >= 0.3 is 0 Å². The molecular weight excluding hydrogens is 216 g/mol. The predicted octanol–water partition coefficient (Wildman–Crippen LogP) is 5.72. The van der Waals surface area contributed by atoms with Crippen LogP contribution in [0.4, 0.5) is 0 Å². The van der Waals surface area contributed by atoms with E-state index in [0.29, 0.717) is 5.92 Å². The van der Waals surface area contributed by atoms with Gasteiger partial charge in [-0.25, -0.2) is 0 Å². The SMILES string of the molecule is C=CC(CCCCCCCC)C(C)(Cl)C=C. The van der Waals surface area contributed by atoms with E-state index in [9.17, 15) is 0 Å². The number of hydrogen-bond donors (Lipinski definition) is 0. The van der Waals surface area contributed by atoms with Crippen molar-refractivity contribution in [2.75, 3.05) is 0 Å². The lowest BCUT2D eigenvalue weighted by atomic mass is 9.88. The van der Waals surface area contributed by atoms with Gasteiger partial charge in [0.2, 0.25) is 0 Å². The Hall–Kier alpha value is -0.230. The molecule has 0 amide bonds. The van der Waals surface area contributed by atoms with Gasteiger partial charge < -0.3 is 0 Å². The lowest BCUT2D eigenvalue weighted by Crippen LogP contribution is -2.23. The van der Waals surface area contributed by atoms with Crippen molar-refractivity contribution in [1.29, 1.82) is 0 Å². The molecule has 0 saturated carbocycles. The second-order valence-electron chi connectivity index (χ2n) is 4.75. The Balaban J connectivity index is 3.72. The zero-order valence-corrected chi connectivity index (χ0v) is 11.7. The van der Waals surface area contributed by atoms with Crippen LogP contribution in [0.25, 0.3) is 0 Å². The highest BCUT2D eigenvalue weighted by molar-refractivity contribution is 6.25. The van der Waals surface area contributed by atoms with Gasteiger partial charge in [0.15, 0.2) is 0 Å². The van der Waals surface area contributed by atoms with E-state index in [0.717, 1.165) is 6.42 Å². The summed E-state index contributed by atoms with van der Waals surface area (Å²) >= 11 is 6.36. The molecule has 0 bridgehead atoms. The zero-order valence-electron chi connectivity index (χ0n) is 11.0. The lowest BCUT2D eigenvalue weighted by Gasteiger charge is -2.26. The molecule has 0 fully saturated rings. The molecular formula is C15H27Cl. The number of unbranched alkanes of at least 4 members (excludes halogenated alkanes) is 5. The zero-order chi connectivity index (χ0) is 12.4. The maximum absolute atomic E-state index is 6.36. The van der Waals surface area contributed by atoms with Crippen LogP contribution in [-0.4, -0.2) is 4.87 Å². The molecule has 16 heavy (non-hydrogen) atoms. The molecule has 0 aromatic carbocycles. The van der Waals surface area contributed by atoms with Gasteiger partial charge in [-0.1, -0.05) is 57.6 Å². The van der Waals surface area contributed by atoms with Crippen LogP contribution in [0.15, 0.2) is 25.3 Å². The van der Waals surface area contributed by atoms with Gasteiger partial charge in [0, 0.05) is 0 Å². The van der Waals surface area contributed by atoms with Gasteiger partial charge in [0.25, 0.3) is 0 Å². The molecule has 2 unspecified atom stereocenters. The number of alkyl halides is 1. The lowest BCUT2D eigenvalue weighted by molar-refractivity contribution is 0.468. The summed E-state index contributed by atoms with van der Waals surface area (Å²) in [4.78, 5) is -0.328. The summed E-state index contributed by atoms with van der Waals surface area (Å²) in [5, 5.41) is 0. The summed E-state index contributed by atoms with van der Waals surface area (Å²) in [6.45, 7) is 11.9. The minimum atomic E-state index is -0.328. The average Bonchev–Trinajstić information content (AvgIpc) is 2.28. The molecule has 2 atom stereocenters. The highest BCUT2D eigenvalue weighted by Crippen LogP contribution is 2.31. The summed E-state index contributed by atoms with van der Waals surface area (Å²) in [6.07, 6.45) is 12.9. The maximum atomic E-state index is 6.36. The van der Waals surface area contributed by atoms with Crippen molar-refractivity contribution in [1.82, 2.24) is 0 Å². The quantitative estimate of drug-likeness (QED) is 0.261. The molecule has 0 spiro atoms. The minimum absolute atomic E-state index is 0.328. The number of halogens is 1. The van der Waals surface area contributed by atoms with E-state index in [4.69, 9.17) is 11.6 Å². The Morgan fingerprint density at radius 3 is 2.19 bits per heavy atom. The second-order valence-corrected chi connectivity index (χ2v) is 5.57. The first-order valence-corrected chi connectivity index (χ1v) is 6.91. The Morgan fingerprint density at radius 1 is 1.12 bits per heavy atom. The van der Waals surface area contributed by atoms with Crippen molar-refractivity contribution in [3.63, 3.8) is 0 Å². The van der Waals surface area contributed by atoms with Crippen molar-refractivity contribution in [2.45, 2.75) is 63.7 Å².